The van der Waals surface area contributed by atoms with Crippen LogP contribution in [0.1, 0.15) is 5.56 Å². The number of aryl methyl sites for hydroxylation is 1. The summed E-state index contributed by atoms with van der Waals surface area (Å²) in [6.45, 7) is 2.03. The minimum absolute atomic E-state index is 0.683. The third-order valence-electron chi connectivity index (χ3n) is 2.68. The molecule has 17 heavy (non-hydrogen) atoms. The molecule has 3 aromatic rings. The Morgan fingerprint density at radius 2 is 1.94 bits per heavy atom. The van der Waals surface area contributed by atoms with E-state index in [1.54, 1.807) is 0 Å². The molecule has 84 valence electrons. The van der Waals surface area contributed by atoms with Gasteiger partial charge in [-0.25, -0.2) is 0 Å². The van der Waals surface area contributed by atoms with E-state index in [0.717, 1.165) is 22.6 Å². The Morgan fingerprint density at radius 3 is 2.76 bits per heavy atom. The van der Waals surface area contributed by atoms with E-state index in [-0.39, 0.29) is 0 Å². The van der Waals surface area contributed by atoms with E-state index in [9.17, 15) is 0 Å². The first kappa shape index (κ1) is 10.3. The fourth-order valence-electron chi connectivity index (χ4n) is 1.82. The summed E-state index contributed by atoms with van der Waals surface area (Å²) in [6.07, 6.45) is 1.96. The van der Waals surface area contributed by atoms with Crippen LogP contribution in [0.3, 0.4) is 0 Å². The summed E-state index contributed by atoms with van der Waals surface area (Å²) in [6, 6.07) is 11.7. The van der Waals surface area contributed by atoms with E-state index in [4.69, 9.17) is 11.6 Å². The lowest BCUT2D eigenvalue weighted by Gasteiger charge is -2.02. The van der Waals surface area contributed by atoms with Gasteiger partial charge in [0.05, 0.1) is 5.02 Å². The second-order valence-electron chi connectivity index (χ2n) is 3.94. The molecule has 0 atom stereocenters. The first-order valence-electron chi connectivity index (χ1n) is 5.32. The standard InChI is InChI=1S/C13H10ClN3/c1-9-6-7-17-12(8-9)15-16-13(17)10-4-2-3-5-11(10)14/h2-8H,1H3. The van der Waals surface area contributed by atoms with Crippen LogP contribution in [0.15, 0.2) is 42.6 Å². The average Bonchev–Trinajstić information content (AvgIpc) is 2.72. The summed E-state index contributed by atoms with van der Waals surface area (Å²) in [4.78, 5) is 0. The number of fused-ring (bicyclic) bond motifs is 1. The van der Waals surface area contributed by atoms with Crippen molar-refractivity contribution in [1.29, 1.82) is 0 Å². The molecular formula is C13H10ClN3. The fourth-order valence-corrected chi connectivity index (χ4v) is 2.04. The van der Waals surface area contributed by atoms with Crippen molar-refractivity contribution < 1.29 is 0 Å². The van der Waals surface area contributed by atoms with Gasteiger partial charge in [0.1, 0.15) is 0 Å². The van der Waals surface area contributed by atoms with Gasteiger partial charge in [0, 0.05) is 11.8 Å². The van der Waals surface area contributed by atoms with Gasteiger partial charge in [-0.3, -0.25) is 4.40 Å². The zero-order valence-corrected chi connectivity index (χ0v) is 10.0. The number of nitrogens with zero attached hydrogens (tertiary/aromatic N) is 3. The van der Waals surface area contributed by atoms with Crippen molar-refractivity contribution >= 4 is 17.2 Å². The number of benzene rings is 1. The van der Waals surface area contributed by atoms with Crippen LogP contribution < -0.4 is 0 Å². The van der Waals surface area contributed by atoms with Crippen LogP contribution in [0, 0.1) is 6.92 Å². The number of aromatic nitrogens is 3. The lowest BCUT2D eigenvalue weighted by Crippen LogP contribution is -1.90. The first-order chi connectivity index (χ1) is 8.25. The smallest absolute Gasteiger partial charge is 0.169 e. The van der Waals surface area contributed by atoms with Gasteiger partial charge >= 0.3 is 0 Å². The molecule has 0 bridgehead atoms. The molecule has 0 aliphatic heterocycles. The highest BCUT2D eigenvalue weighted by Gasteiger charge is 2.10. The van der Waals surface area contributed by atoms with Gasteiger partial charge in [0.2, 0.25) is 0 Å². The molecule has 0 radical (unpaired) electrons. The highest BCUT2D eigenvalue weighted by molar-refractivity contribution is 6.33. The van der Waals surface area contributed by atoms with Gasteiger partial charge in [-0.2, -0.15) is 0 Å². The normalized spacial score (nSPS) is 10.9. The van der Waals surface area contributed by atoms with E-state index in [2.05, 4.69) is 10.2 Å². The largest absolute Gasteiger partial charge is 0.282 e. The number of hydrogen-bond donors (Lipinski definition) is 0. The van der Waals surface area contributed by atoms with Gasteiger partial charge in [0.25, 0.3) is 0 Å². The zero-order chi connectivity index (χ0) is 11.8. The van der Waals surface area contributed by atoms with Crippen molar-refractivity contribution in [1.82, 2.24) is 14.6 Å². The van der Waals surface area contributed by atoms with Gasteiger partial charge in [-0.1, -0.05) is 23.7 Å². The third kappa shape index (κ3) is 1.68. The SMILES string of the molecule is Cc1ccn2c(-c3ccccc3Cl)nnc2c1. The van der Waals surface area contributed by atoms with Crippen LogP contribution in [-0.2, 0) is 0 Å². The summed E-state index contributed by atoms with van der Waals surface area (Å²) in [7, 11) is 0. The van der Waals surface area contributed by atoms with Crippen LogP contribution >= 0.6 is 11.6 Å². The molecule has 0 saturated heterocycles. The van der Waals surface area contributed by atoms with Crippen molar-refractivity contribution in [3.05, 3.63) is 53.2 Å². The molecular weight excluding hydrogens is 234 g/mol. The molecule has 0 saturated carbocycles. The molecule has 0 spiro atoms. The monoisotopic (exact) mass is 243 g/mol. The molecule has 0 fully saturated rings. The summed E-state index contributed by atoms with van der Waals surface area (Å²) >= 11 is 6.17. The van der Waals surface area contributed by atoms with E-state index < -0.39 is 0 Å². The maximum absolute atomic E-state index is 6.17. The molecule has 1 aromatic carbocycles. The number of halogens is 1. The zero-order valence-electron chi connectivity index (χ0n) is 9.26. The van der Waals surface area contributed by atoms with Crippen LogP contribution in [0.4, 0.5) is 0 Å². The molecule has 3 nitrogen and oxygen atoms in total. The van der Waals surface area contributed by atoms with Crippen molar-refractivity contribution in [3.63, 3.8) is 0 Å². The molecule has 0 aliphatic rings. The molecule has 2 aromatic heterocycles. The predicted molar refractivity (Wildman–Crippen MR) is 68.2 cm³/mol. The Bertz CT molecular complexity index is 688. The molecule has 2 heterocycles. The summed E-state index contributed by atoms with van der Waals surface area (Å²) in [5.41, 5.74) is 2.89. The first-order valence-corrected chi connectivity index (χ1v) is 5.70. The van der Waals surface area contributed by atoms with Crippen LogP contribution in [-0.4, -0.2) is 14.6 Å². The Balaban J connectivity index is 2.29. The van der Waals surface area contributed by atoms with Gasteiger partial charge in [-0.05, 0) is 36.8 Å². The van der Waals surface area contributed by atoms with Crippen molar-refractivity contribution in [2.45, 2.75) is 6.92 Å². The summed E-state index contributed by atoms with van der Waals surface area (Å²) < 4.78 is 1.94. The Labute approximate surface area is 104 Å². The quantitative estimate of drug-likeness (QED) is 0.656. The molecule has 0 unspecified atom stereocenters. The minimum Gasteiger partial charge on any atom is -0.282 e. The highest BCUT2D eigenvalue weighted by atomic mass is 35.5. The van der Waals surface area contributed by atoms with Gasteiger partial charge in [0.15, 0.2) is 11.5 Å². The lowest BCUT2D eigenvalue weighted by molar-refractivity contribution is 1.11. The summed E-state index contributed by atoms with van der Waals surface area (Å²) in [5.74, 6) is 0.769. The number of pyridine rings is 1. The molecule has 4 heteroatoms. The second kappa shape index (κ2) is 3.86. The highest BCUT2D eigenvalue weighted by Crippen LogP contribution is 2.26. The second-order valence-corrected chi connectivity index (χ2v) is 4.34. The maximum atomic E-state index is 6.17. The number of hydrogen-bond acceptors (Lipinski definition) is 2. The molecule has 3 rings (SSSR count). The fraction of sp³-hybridized carbons (Fsp3) is 0.0769. The predicted octanol–water partition coefficient (Wildman–Crippen LogP) is 3.36. The van der Waals surface area contributed by atoms with E-state index in [1.807, 2.05) is 53.9 Å². The Hall–Kier alpha value is -1.87. The molecule has 0 amide bonds. The average molecular weight is 244 g/mol. The molecule has 0 N–H and O–H groups in total. The van der Waals surface area contributed by atoms with Crippen LogP contribution in [0.2, 0.25) is 5.02 Å². The third-order valence-corrected chi connectivity index (χ3v) is 3.01. The Morgan fingerprint density at radius 1 is 1.12 bits per heavy atom. The van der Waals surface area contributed by atoms with Crippen LogP contribution in [0.25, 0.3) is 17.0 Å². The lowest BCUT2D eigenvalue weighted by atomic mass is 10.2. The topological polar surface area (TPSA) is 30.2 Å². The maximum Gasteiger partial charge on any atom is 0.169 e. The summed E-state index contributed by atoms with van der Waals surface area (Å²) in [5, 5.41) is 9.03. The minimum atomic E-state index is 0.683. The van der Waals surface area contributed by atoms with Crippen molar-refractivity contribution in [2.75, 3.05) is 0 Å². The van der Waals surface area contributed by atoms with E-state index in [1.165, 1.54) is 0 Å². The van der Waals surface area contributed by atoms with Crippen molar-refractivity contribution in [2.24, 2.45) is 0 Å². The van der Waals surface area contributed by atoms with E-state index in [0.29, 0.717) is 5.02 Å². The Kier molecular flexibility index (Phi) is 2.34. The van der Waals surface area contributed by atoms with Gasteiger partial charge in [-0.15, -0.1) is 10.2 Å². The van der Waals surface area contributed by atoms with Crippen molar-refractivity contribution in [3.8, 4) is 11.4 Å². The number of rotatable bonds is 1. The van der Waals surface area contributed by atoms with E-state index >= 15 is 0 Å². The molecule has 0 aliphatic carbocycles. The van der Waals surface area contributed by atoms with Gasteiger partial charge < -0.3 is 0 Å². The van der Waals surface area contributed by atoms with Crippen LogP contribution in [0.5, 0.6) is 0 Å².